The minimum atomic E-state index is -0.262. The van der Waals surface area contributed by atoms with Gasteiger partial charge in [-0.15, -0.1) is 0 Å². The molecule has 4 aliphatic rings. The second-order valence-electron chi connectivity index (χ2n) is 11.0. The Kier molecular flexibility index (Phi) is 6.82. The summed E-state index contributed by atoms with van der Waals surface area (Å²) in [6.07, 6.45) is 4.05. The van der Waals surface area contributed by atoms with E-state index in [1.807, 2.05) is 30.3 Å². The molecular weight excluding hydrogens is 473 g/mol. The molecule has 4 heterocycles. The fourth-order valence-electron chi connectivity index (χ4n) is 6.37. The van der Waals surface area contributed by atoms with Crippen LogP contribution in [0.25, 0.3) is 0 Å². The Morgan fingerprint density at radius 3 is 2.81 bits per heavy atom. The first-order valence-electron chi connectivity index (χ1n) is 13.5. The molecule has 1 spiro atoms. The summed E-state index contributed by atoms with van der Waals surface area (Å²) in [5.74, 6) is 0.411. The maximum absolute atomic E-state index is 15.3. The highest BCUT2D eigenvalue weighted by molar-refractivity contribution is 6.08. The van der Waals surface area contributed by atoms with Crippen LogP contribution in [0.2, 0.25) is 0 Å². The average Bonchev–Trinajstić information content (AvgIpc) is 3.56. The van der Waals surface area contributed by atoms with E-state index in [0.29, 0.717) is 36.5 Å². The van der Waals surface area contributed by atoms with Gasteiger partial charge in [0.15, 0.2) is 0 Å². The lowest BCUT2D eigenvalue weighted by atomic mass is 9.79. The summed E-state index contributed by atoms with van der Waals surface area (Å²) in [5, 5.41) is 0. The van der Waals surface area contributed by atoms with Crippen molar-refractivity contribution in [3.8, 4) is 5.75 Å². The third-order valence-electron chi connectivity index (χ3n) is 8.37. The molecule has 2 aromatic rings. The Morgan fingerprint density at radius 1 is 1.14 bits per heavy atom. The Balaban J connectivity index is 1.09. The third-order valence-corrected chi connectivity index (χ3v) is 8.37. The molecule has 0 aromatic heterocycles. The number of amides is 1. The highest BCUT2D eigenvalue weighted by Crippen LogP contribution is 2.42. The number of carbonyl (C=O) groups excluding carboxylic acids is 1. The number of likely N-dealkylation sites (tertiary alicyclic amines) is 1. The number of anilines is 2. The van der Waals surface area contributed by atoms with Gasteiger partial charge in [-0.25, -0.2) is 4.39 Å². The SMILES string of the molecule is COCCN1CC2(CCN(c3ccc(N4CCc5cc(OC[C@H]6CCCO6)ccc5C4=O)cc3F)C2)C1. The van der Waals surface area contributed by atoms with Crippen LogP contribution in [-0.4, -0.2) is 83.1 Å². The zero-order valence-electron chi connectivity index (χ0n) is 21.6. The van der Waals surface area contributed by atoms with Crippen molar-refractivity contribution in [2.45, 2.75) is 31.8 Å². The van der Waals surface area contributed by atoms with Crippen LogP contribution in [0.1, 0.15) is 35.2 Å². The third kappa shape index (κ3) is 4.94. The van der Waals surface area contributed by atoms with E-state index in [9.17, 15) is 4.79 Å². The van der Waals surface area contributed by atoms with E-state index in [2.05, 4.69) is 9.80 Å². The number of fused-ring (bicyclic) bond motifs is 1. The van der Waals surface area contributed by atoms with Crippen LogP contribution in [0.3, 0.4) is 0 Å². The van der Waals surface area contributed by atoms with Gasteiger partial charge in [0, 0.05) is 69.7 Å². The number of rotatable bonds is 8. The second-order valence-corrected chi connectivity index (χ2v) is 11.0. The molecule has 3 fully saturated rings. The molecule has 4 aliphatic heterocycles. The van der Waals surface area contributed by atoms with Crippen molar-refractivity contribution < 1.29 is 23.4 Å². The van der Waals surface area contributed by atoms with Crippen LogP contribution in [-0.2, 0) is 15.9 Å². The van der Waals surface area contributed by atoms with E-state index >= 15 is 4.39 Å². The van der Waals surface area contributed by atoms with Crippen molar-refractivity contribution in [1.82, 2.24) is 4.90 Å². The smallest absolute Gasteiger partial charge is 0.258 e. The predicted octanol–water partition coefficient (Wildman–Crippen LogP) is 3.74. The van der Waals surface area contributed by atoms with Crippen molar-refractivity contribution in [2.24, 2.45) is 5.41 Å². The van der Waals surface area contributed by atoms with Gasteiger partial charge >= 0.3 is 0 Å². The molecule has 0 bridgehead atoms. The highest BCUT2D eigenvalue weighted by atomic mass is 19.1. The van der Waals surface area contributed by atoms with Gasteiger partial charge in [0.2, 0.25) is 0 Å². The number of halogens is 1. The molecule has 37 heavy (non-hydrogen) atoms. The Bertz CT molecular complexity index is 1150. The molecule has 7 nitrogen and oxygen atoms in total. The molecule has 3 saturated heterocycles. The maximum Gasteiger partial charge on any atom is 0.258 e. The van der Waals surface area contributed by atoms with Crippen LogP contribution in [0.5, 0.6) is 5.75 Å². The molecule has 1 atom stereocenters. The summed E-state index contributed by atoms with van der Waals surface area (Å²) in [5.41, 5.74) is 3.14. The van der Waals surface area contributed by atoms with Crippen LogP contribution in [0.4, 0.5) is 15.8 Å². The number of ether oxygens (including phenoxy) is 3. The topological polar surface area (TPSA) is 54.5 Å². The van der Waals surface area contributed by atoms with E-state index in [4.69, 9.17) is 14.2 Å². The predicted molar refractivity (Wildman–Crippen MR) is 140 cm³/mol. The number of hydrogen-bond donors (Lipinski definition) is 0. The largest absolute Gasteiger partial charge is 0.491 e. The van der Waals surface area contributed by atoms with Crippen LogP contribution >= 0.6 is 0 Å². The first-order valence-corrected chi connectivity index (χ1v) is 13.5. The van der Waals surface area contributed by atoms with Gasteiger partial charge in [0.25, 0.3) is 5.91 Å². The van der Waals surface area contributed by atoms with Crippen LogP contribution in [0.15, 0.2) is 36.4 Å². The van der Waals surface area contributed by atoms with Crippen molar-refractivity contribution in [1.29, 1.82) is 0 Å². The normalized spacial score (nSPS) is 23.0. The van der Waals surface area contributed by atoms with Crippen LogP contribution in [0, 0.1) is 11.2 Å². The molecule has 2 aromatic carbocycles. The van der Waals surface area contributed by atoms with Gasteiger partial charge in [0.1, 0.15) is 18.2 Å². The minimum absolute atomic E-state index is 0.0928. The van der Waals surface area contributed by atoms with E-state index < -0.39 is 0 Å². The summed E-state index contributed by atoms with van der Waals surface area (Å²) in [4.78, 5) is 19.6. The van der Waals surface area contributed by atoms with Crippen molar-refractivity contribution in [3.63, 3.8) is 0 Å². The van der Waals surface area contributed by atoms with Gasteiger partial charge in [-0.05, 0) is 67.6 Å². The lowest BCUT2D eigenvalue weighted by Crippen LogP contribution is -2.58. The number of benzene rings is 2. The maximum atomic E-state index is 15.3. The van der Waals surface area contributed by atoms with E-state index in [1.165, 1.54) is 6.07 Å². The number of hydrogen-bond acceptors (Lipinski definition) is 6. The molecule has 6 rings (SSSR count). The molecular formula is C29H36FN3O4. The van der Waals surface area contributed by atoms with Gasteiger partial charge < -0.3 is 24.0 Å². The van der Waals surface area contributed by atoms with Gasteiger partial charge in [-0.2, -0.15) is 0 Å². The zero-order chi connectivity index (χ0) is 25.4. The van der Waals surface area contributed by atoms with Crippen molar-refractivity contribution in [2.75, 3.05) is 76.0 Å². The zero-order valence-corrected chi connectivity index (χ0v) is 21.6. The van der Waals surface area contributed by atoms with Crippen LogP contribution < -0.4 is 14.5 Å². The number of carbonyl (C=O) groups is 1. The monoisotopic (exact) mass is 509 g/mol. The lowest BCUT2D eigenvalue weighted by molar-refractivity contribution is 0.00145. The first-order chi connectivity index (χ1) is 18.0. The summed E-state index contributed by atoms with van der Waals surface area (Å²) in [6, 6.07) is 10.9. The molecule has 0 N–H and O–H groups in total. The van der Waals surface area contributed by atoms with Gasteiger partial charge in [-0.1, -0.05) is 0 Å². The molecule has 1 amide bonds. The van der Waals surface area contributed by atoms with Gasteiger partial charge in [-0.3, -0.25) is 9.69 Å². The Morgan fingerprint density at radius 2 is 2.03 bits per heavy atom. The lowest BCUT2D eigenvalue weighted by Gasteiger charge is -2.48. The summed E-state index contributed by atoms with van der Waals surface area (Å²) < 4.78 is 32.1. The molecule has 0 unspecified atom stereocenters. The number of methoxy groups -OCH3 is 1. The summed E-state index contributed by atoms with van der Waals surface area (Å²) >= 11 is 0. The highest BCUT2D eigenvalue weighted by Gasteiger charge is 2.47. The summed E-state index contributed by atoms with van der Waals surface area (Å²) in [6.45, 7) is 7.40. The molecule has 0 aliphatic carbocycles. The van der Waals surface area contributed by atoms with E-state index in [-0.39, 0.29) is 23.2 Å². The van der Waals surface area contributed by atoms with E-state index in [0.717, 1.165) is 76.5 Å². The molecule has 198 valence electrons. The Hall–Kier alpha value is -2.68. The van der Waals surface area contributed by atoms with E-state index in [1.54, 1.807) is 12.0 Å². The average molecular weight is 510 g/mol. The quantitative estimate of drug-likeness (QED) is 0.541. The standard InChI is InChI=1S/C29H36FN3O4/c1-35-14-12-31-18-29(19-31)9-11-32(20-29)27-7-4-22(16-26(27)30)33-10-8-21-15-23(5-6-25(21)28(33)34)37-17-24-3-2-13-36-24/h4-7,15-16,24H,2-3,8-14,17-20H2,1H3/t24-/m1/s1. The Labute approximate surface area is 218 Å². The van der Waals surface area contributed by atoms with Crippen molar-refractivity contribution in [3.05, 3.63) is 53.3 Å². The molecule has 8 heteroatoms. The minimum Gasteiger partial charge on any atom is -0.491 e. The molecule has 0 radical (unpaired) electrons. The van der Waals surface area contributed by atoms with Gasteiger partial charge in [0.05, 0.1) is 18.4 Å². The fourth-order valence-corrected chi connectivity index (χ4v) is 6.37. The fraction of sp³-hybridized carbons (Fsp3) is 0.552. The van der Waals surface area contributed by atoms with Crippen molar-refractivity contribution >= 4 is 17.3 Å². The first kappa shape index (κ1) is 24.6. The molecule has 0 saturated carbocycles. The second kappa shape index (κ2) is 10.2. The summed E-state index contributed by atoms with van der Waals surface area (Å²) in [7, 11) is 1.73. The number of nitrogens with zero attached hydrogens (tertiary/aromatic N) is 3.